The maximum absolute atomic E-state index is 16.3. The zero-order valence-electron chi connectivity index (χ0n) is 33.8. The number of carbonyl (C=O) groups excluding carboxylic acids is 1. The van der Waals surface area contributed by atoms with Crippen LogP contribution < -0.4 is 14.2 Å². The van der Waals surface area contributed by atoms with Crippen molar-refractivity contribution in [2.24, 2.45) is 5.92 Å². The molecule has 6 rings (SSSR count). The number of rotatable bonds is 21. The molecule has 58 heavy (non-hydrogen) atoms. The number of halogens is 1. The summed E-state index contributed by atoms with van der Waals surface area (Å²) < 4.78 is 75.8. The first-order valence-electron chi connectivity index (χ1n) is 19.3. The summed E-state index contributed by atoms with van der Waals surface area (Å²) in [6, 6.07) is 19.4. The molecule has 0 amide bonds. The van der Waals surface area contributed by atoms with E-state index in [1.54, 1.807) is 85.8 Å². The second kappa shape index (κ2) is 19.0. The van der Waals surface area contributed by atoms with Crippen molar-refractivity contribution in [1.82, 2.24) is 19.1 Å². The van der Waals surface area contributed by atoms with Gasteiger partial charge in [0.15, 0.2) is 12.5 Å². The van der Waals surface area contributed by atoms with Crippen LogP contribution in [0.4, 0.5) is 4.39 Å². The molecule has 0 bridgehead atoms. The van der Waals surface area contributed by atoms with Crippen molar-refractivity contribution in [3.63, 3.8) is 0 Å². The van der Waals surface area contributed by atoms with Gasteiger partial charge in [0.25, 0.3) is 0 Å². The molecule has 1 saturated carbocycles. The standard InChI is InChI=1S/C42H51FN4O8S2Si/c1-7-54-41(48)37-27-56-42(44-37)47-38(24-29-8-9-29)35(40(45-47)55-28-53-20-21-58(4,5)6)22-32-14-19-39(36(43)23-32)57(49,50)46(25-30-10-15-33(51-2)16-11-30)26-31-12-17-34(52-3)18-13-31/h10-19,23,27,29H,7-9,20-22,24-26,28H2,1-6H3. The van der Waals surface area contributed by atoms with Gasteiger partial charge in [0.05, 0.1) is 26.5 Å². The molecule has 0 N–H and O–H groups in total. The highest BCUT2D eigenvalue weighted by atomic mass is 32.2. The highest BCUT2D eigenvalue weighted by Crippen LogP contribution is 2.38. The molecule has 1 aliphatic rings. The Balaban J connectivity index is 1.32. The zero-order valence-corrected chi connectivity index (χ0v) is 36.5. The lowest BCUT2D eigenvalue weighted by molar-refractivity contribution is 0.0186. The van der Waals surface area contributed by atoms with Crippen LogP contribution in [0.3, 0.4) is 0 Å². The fraction of sp³-hybridized carbons (Fsp3) is 0.405. The quantitative estimate of drug-likeness (QED) is 0.0308. The van der Waals surface area contributed by atoms with E-state index in [0.29, 0.717) is 63.7 Å². The molecule has 0 spiro atoms. The summed E-state index contributed by atoms with van der Waals surface area (Å²) in [7, 11) is -2.56. The number of benzene rings is 3. The van der Waals surface area contributed by atoms with Gasteiger partial charge in [0, 0.05) is 45.1 Å². The second-order valence-corrected chi connectivity index (χ2v) is 23.8. The summed E-state index contributed by atoms with van der Waals surface area (Å²) in [5.74, 6) is 0.601. The topological polar surface area (TPSA) is 131 Å². The maximum atomic E-state index is 16.3. The average molecular weight is 851 g/mol. The van der Waals surface area contributed by atoms with E-state index in [0.717, 1.165) is 24.6 Å². The first-order chi connectivity index (χ1) is 27.8. The summed E-state index contributed by atoms with van der Waals surface area (Å²) in [5, 5.41) is 6.94. The van der Waals surface area contributed by atoms with E-state index in [2.05, 4.69) is 24.6 Å². The van der Waals surface area contributed by atoms with Gasteiger partial charge in [-0.05, 0) is 91.2 Å². The van der Waals surface area contributed by atoms with Crippen molar-refractivity contribution in [2.45, 2.75) is 76.3 Å². The zero-order chi connectivity index (χ0) is 41.5. The fourth-order valence-corrected chi connectivity index (χ4v) is 9.20. The Morgan fingerprint density at radius 2 is 1.57 bits per heavy atom. The molecular weight excluding hydrogens is 800 g/mol. The van der Waals surface area contributed by atoms with E-state index in [9.17, 15) is 13.2 Å². The van der Waals surface area contributed by atoms with Gasteiger partial charge in [-0.3, -0.25) is 0 Å². The third-order valence-electron chi connectivity index (χ3n) is 9.70. The Morgan fingerprint density at radius 1 is 0.948 bits per heavy atom. The monoisotopic (exact) mass is 850 g/mol. The maximum Gasteiger partial charge on any atom is 0.357 e. The van der Waals surface area contributed by atoms with Crippen LogP contribution in [0.5, 0.6) is 17.4 Å². The van der Waals surface area contributed by atoms with Gasteiger partial charge >= 0.3 is 5.97 Å². The average Bonchev–Trinajstić information content (AvgIpc) is 3.77. The number of hydrogen-bond acceptors (Lipinski definition) is 11. The van der Waals surface area contributed by atoms with Gasteiger partial charge in [0.1, 0.15) is 22.2 Å². The number of methoxy groups -OCH3 is 2. The third kappa shape index (κ3) is 11.1. The summed E-state index contributed by atoms with van der Waals surface area (Å²) >= 11 is 1.26. The Labute approximate surface area is 344 Å². The number of sulfonamides is 1. The second-order valence-electron chi connectivity index (χ2n) is 15.4. The molecule has 1 aliphatic carbocycles. The molecule has 0 atom stereocenters. The minimum Gasteiger partial charge on any atom is -0.497 e. The lowest BCUT2D eigenvalue weighted by Crippen LogP contribution is -2.31. The van der Waals surface area contributed by atoms with E-state index >= 15 is 4.39 Å². The predicted octanol–water partition coefficient (Wildman–Crippen LogP) is 8.29. The van der Waals surface area contributed by atoms with Crippen molar-refractivity contribution in [3.8, 4) is 22.5 Å². The molecule has 0 saturated heterocycles. The van der Waals surface area contributed by atoms with Crippen LogP contribution >= 0.6 is 11.3 Å². The van der Waals surface area contributed by atoms with Crippen molar-refractivity contribution in [1.29, 1.82) is 0 Å². The van der Waals surface area contributed by atoms with E-state index in [1.165, 1.54) is 27.8 Å². The van der Waals surface area contributed by atoms with E-state index in [-0.39, 0.29) is 38.6 Å². The van der Waals surface area contributed by atoms with Crippen LogP contribution in [-0.2, 0) is 45.4 Å². The lowest BCUT2D eigenvalue weighted by atomic mass is 10.0. The molecule has 0 aliphatic heterocycles. The van der Waals surface area contributed by atoms with Gasteiger partial charge in [0.2, 0.25) is 21.0 Å². The minimum atomic E-state index is -4.35. The van der Waals surface area contributed by atoms with Gasteiger partial charge in [-0.15, -0.1) is 16.4 Å². The summed E-state index contributed by atoms with van der Waals surface area (Å²) in [4.78, 5) is 16.6. The number of thiazole rings is 1. The molecule has 2 aromatic heterocycles. The summed E-state index contributed by atoms with van der Waals surface area (Å²) in [6.07, 6.45) is 2.97. The van der Waals surface area contributed by atoms with Crippen LogP contribution in [0.1, 0.15) is 58.2 Å². The van der Waals surface area contributed by atoms with Gasteiger partial charge in [-0.2, -0.15) is 4.31 Å². The normalized spacial score (nSPS) is 13.2. The smallest absolute Gasteiger partial charge is 0.357 e. The summed E-state index contributed by atoms with van der Waals surface area (Å²) in [6.45, 7) is 9.29. The van der Waals surface area contributed by atoms with Crippen LogP contribution in [0.25, 0.3) is 5.13 Å². The minimum absolute atomic E-state index is 0.00138. The third-order valence-corrected chi connectivity index (χ3v) is 14.0. The van der Waals surface area contributed by atoms with Crippen molar-refractivity contribution in [2.75, 3.05) is 34.2 Å². The first kappa shape index (κ1) is 43.0. The Morgan fingerprint density at radius 3 is 2.12 bits per heavy atom. The SMILES string of the molecule is CCOC(=O)c1csc(-n2nc(OCOCC[Si](C)(C)C)c(Cc3ccc(S(=O)(=O)N(Cc4ccc(OC)cc4)Cc4ccc(OC)cc4)c(F)c3)c2CC2CC2)n1. The number of esters is 1. The van der Waals surface area contributed by atoms with Crippen molar-refractivity contribution >= 4 is 35.4 Å². The first-order valence-corrected chi connectivity index (χ1v) is 25.3. The summed E-state index contributed by atoms with van der Waals surface area (Å²) in [5.41, 5.74) is 3.67. The highest BCUT2D eigenvalue weighted by Gasteiger charge is 2.32. The molecule has 5 aromatic rings. The molecule has 16 heteroatoms. The molecule has 12 nitrogen and oxygen atoms in total. The molecule has 0 radical (unpaired) electrons. The number of ether oxygens (including phenoxy) is 5. The van der Waals surface area contributed by atoms with Gasteiger partial charge in [-0.1, -0.05) is 50.0 Å². The van der Waals surface area contributed by atoms with Crippen molar-refractivity contribution in [3.05, 3.63) is 112 Å². The van der Waals surface area contributed by atoms with E-state index in [1.807, 2.05) is 0 Å². The van der Waals surface area contributed by atoms with Gasteiger partial charge in [-0.25, -0.2) is 27.3 Å². The number of aromatic nitrogens is 3. The van der Waals surface area contributed by atoms with Crippen molar-refractivity contribution < 1.29 is 41.3 Å². The number of nitrogens with zero attached hydrogens (tertiary/aromatic N) is 4. The lowest BCUT2D eigenvalue weighted by Gasteiger charge is -2.23. The largest absolute Gasteiger partial charge is 0.497 e. The number of carbonyl (C=O) groups is 1. The van der Waals surface area contributed by atoms with Crippen LogP contribution in [-0.4, -0.2) is 75.8 Å². The van der Waals surface area contributed by atoms with E-state index < -0.39 is 34.8 Å². The van der Waals surface area contributed by atoms with E-state index in [4.69, 9.17) is 28.8 Å². The molecule has 1 fully saturated rings. The Kier molecular flexibility index (Phi) is 14.1. The fourth-order valence-electron chi connectivity index (χ4n) is 6.22. The Bertz CT molecular complexity index is 2220. The highest BCUT2D eigenvalue weighted by molar-refractivity contribution is 7.89. The predicted molar refractivity (Wildman–Crippen MR) is 223 cm³/mol. The molecule has 0 unspecified atom stereocenters. The molecular formula is C42H51FN4O8S2Si. The molecule has 3 aromatic carbocycles. The number of hydrogen-bond donors (Lipinski definition) is 0. The van der Waals surface area contributed by atoms with Crippen LogP contribution in [0, 0.1) is 11.7 Å². The van der Waals surface area contributed by atoms with Crippen LogP contribution in [0.2, 0.25) is 25.7 Å². The molecule has 2 heterocycles. The van der Waals surface area contributed by atoms with Gasteiger partial charge < -0.3 is 23.7 Å². The Hall–Kier alpha value is -4.61. The van der Waals surface area contributed by atoms with Crippen LogP contribution in [0.15, 0.2) is 77.0 Å². The molecule has 310 valence electrons.